The quantitative estimate of drug-likeness (QED) is 0.671. The highest BCUT2D eigenvalue weighted by Crippen LogP contribution is 2.25. The van der Waals surface area contributed by atoms with Gasteiger partial charge in [-0.3, -0.25) is 0 Å². The van der Waals surface area contributed by atoms with Crippen LogP contribution in [0.1, 0.15) is 24.1 Å². The van der Waals surface area contributed by atoms with Gasteiger partial charge in [-0.05, 0) is 53.9 Å². The van der Waals surface area contributed by atoms with E-state index < -0.39 is 0 Å². The number of hydrogen-bond acceptors (Lipinski definition) is 1. The maximum absolute atomic E-state index is 13.8. The fourth-order valence-corrected chi connectivity index (χ4v) is 2.54. The summed E-state index contributed by atoms with van der Waals surface area (Å²) < 4.78 is 13.8. The first-order chi connectivity index (χ1) is 10.1. The average Bonchev–Trinajstić information content (AvgIpc) is 2.50. The maximum Gasteiger partial charge on any atom is 0.146 e. The first-order valence-corrected chi connectivity index (χ1v) is 7.15. The molecule has 1 unspecified atom stereocenters. The van der Waals surface area contributed by atoms with E-state index in [1.54, 1.807) is 6.07 Å². The van der Waals surface area contributed by atoms with Crippen LogP contribution in [0.5, 0.6) is 0 Å². The SMILES string of the molecule is Cc1ccc(F)c(NC(C)c2ccc3ccccc3c2)c1. The molecule has 21 heavy (non-hydrogen) atoms. The molecule has 0 aliphatic rings. The zero-order valence-electron chi connectivity index (χ0n) is 12.2. The fourth-order valence-electron chi connectivity index (χ4n) is 2.54. The summed E-state index contributed by atoms with van der Waals surface area (Å²) in [6.45, 7) is 4.01. The highest BCUT2D eigenvalue weighted by atomic mass is 19.1. The molecule has 0 aliphatic carbocycles. The molecule has 0 aromatic heterocycles. The third-order valence-electron chi connectivity index (χ3n) is 3.77. The van der Waals surface area contributed by atoms with E-state index in [4.69, 9.17) is 0 Å². The zero-order chi connectivity index (χ0) is 14.8. The second-order valence-corrected chi connectivity index (χ2v) is 5.46. The third kappa shape index (κ3) is 2.89. The molecule has 1 nitrogen and oxygen atoms in total. The molecule has 1 N–H and O–H groups in total. The molecule has 0 aliphatic heterocycles. The van der Waals surface area contributed by atoms with Gasteiger partial charge in [-0.1, -0.05) is 42.5 Å². The van der Waals surface area contributed by atoms with E-state index in [-0.39, 0.29) is 11.9 Å². The molecule has 3 rings (SSSR count). The van der Waals surface area contributed by atoms with Crippen LogP contribution in [0.2, 0.25) is 0 Å². The molecule has 0 radical (unpaired) electrons. The number of anilines is 1. The number of hydrogen-bond donors (Lipinski definition) is 1. The van der Waals surface area contributed by atoms with E-state index in [1.165, 1.54) is 16.8 Å². The molecule has 2 heteroatoms. The number of rotatable bonds is 3. The average molecular weight is 279 g/mol. The minimum Gasteiger partial charge on any atom is -0.376 e. The Kier molecular flexibility index (Phi) is 3.61. The van der Waals surface area contributed by atoms with Crippen LogP contribution in [-0.4, -0.2) is 0 Å². The Hall–Kier alpha value is -2.35. The smallest absolute Gasteiger partial charge is 0.146 e. The van der Waals surface area contributed by atoms with Gasteiger partial charge in [0.25, 0.3) is 0 Å². The maximum atomic E-state index is 13.8. The first kappa shape index (κ1) is 13.6. The van der Waals surface area contributed by atoms with Crippen LogP contribution >= 0.6 is 0 Å². The molecular weight excluding hydrogens is 261 g/mol. The van der Waals surface area contributed by atoms with E-state index >= 15 is 0 Å². The van der Waals surface area contributed by atoms with Crippen LogP contribution in [-0.2, 0) is 0 Å². The number of benzene rings is 3. The second-order valence-electron chi connectivity index (χ2n) is 5.46. The lowest BCUT2D eigenvalue weighted by atomic mass is 10.0. The van der Waals surface area contributed by atoms with Gasteiger partial charge in [0, 0.05) is 6.04 Å². The van der Waals surface area contributed by atoms with Crippen molar-refractivity contribution in [1.29, 1.82) is 0 Å². The van der Waals surface area contributed by atoms with Crippen LogP contribution in [0.3, 0.4) is 0 Å². The van der Waals surface area contributed by atoms with E-state index in [2.05, 4.69) is 35.6 Å². The summed E-state index contributed by atoms with van der Waals surface area (Å²) in [5.41, 5.74) is 2.75. The number of halogens is 1. The van der Waals surface area contributed by atoms with Gasteiger partial charge in [0.1, 0.15) is 5.82 Å². The van der Waals surface area contributed by atoms with Crippen molar-refractivity contribution in [1.82, 2.24) is 0 Å². The normalized spacial score (nSPS) is 12.3. The van der Waals surface area contributed by atoms with Gasteiger partial charge in [0.2, 0.25) is 0 Å². The molecule has 1 atom stereocenters. The van der Waals surface area contributed by atoms with Gasteiger partial charge >= 0.3 is 0 Å². The Labute approximate surface area is 124 Å². The molecule has 3 aromatic carbocycles. The van der Waals surface area contributed by atoms with Crippen LogP contribution in [0.4, 0.5) is 10.1 Å². The summed E-state index contributed by atoms with van der Waals surface area (Å²) in [5.74, 6) is -0.215. The summed E-state index contributed by atoms with van der Waals surface area (Å²) in [4.78, 5) is 0. The molecule has 3 aromatic rings. The van der Waals surface area contributed by atoms with Crippen molar-refractivity contribution in [2.24, 2.45) is 0 Å². The van der Waals surface area contributed by atoms with Crippen molar-refractivity contribution >= 4 is 16.5 Å². The lowest BCUT2D eigenvalue weighted by Crippen LogP contribution is -2.08. The standard InChI is InChI=1S/C19H18FN/c1-13-7-10-18(20)19(11-13)21-14(2)16-9-8-15-5-3-4-6-17(15)12-16/h3-12,14,21H,1-2H3. The Morgan fingerprint density at radius 3 is 2.48 bits per heavy atom. The first-order valence-electron chi connectivity index (χ1n) is 7.15. The summed E-state index contributed by atoms with van der Waals surface area (Å²) in [7, 11) is 0. The topological polar surface area (TPSA) is 12.0 Å². The van der Waals surface area contributed by atoms with Crippen molar-refractivity contribution in [3.8, 4) is 0 Å². The van der Waals surface area contributed by atoms with E-state index in [9.17, 15) is 4.39 Å². The van der Waals surface area contributed by atoms with E-state index in [0.717, 1.165) is 11.1 Å². The highest BCUT2D eigenvalue weighted by molar-refractivity contribution is 5.83. The zero-order valence-corrected chi connectivity index (χ0v) is 12.2. The van der Waals surface area contributed by atoms with Crippen molar-refractivity contribution in [3.63, 3.8) is 0 Å². The van der Waals surface area contributed by atoms with Crippen LogP contribution in [0, 0.1) is 12.7 Å². The molecule has 0 amide bonds. The van der Waals surface area contributed by atoms with Gasteiger partial charge < -0.3 is 5.32 Å². The van der Waals surface area contributed by atoms with Gasteiger partial charge in [-0.15, -0.1) is 0 Å². The Morgan fingerprint density at radius 2 is 1.67 bits per heavy atom. The molecule has 0 heterocycles. The lowest BCUT2D eigenvalue weighted by molar-refractivity contribution is 0.627. The van der Waals surface area contributed by atoms with Gasteiger partial charge in [0.05, 0.1) is 5.69 Å². The third-order valence-corrected chi connectivity index (χ3v) is 3.77. The van der Waals surface area contributed by atoms with E-state index in [1.807, 2.05) is 32.0 Å². The second kappa shape index (κ2) is 5.57. The van der Waals surface area contributed by atoms with Gasteiger partial charge in [-0.2, -0.15) is 0 Å². The lowest BCUT2D eigenvalue weighted by Gasteiger charge is -2.17. The molecular formula is C19H18FN. The Bertz CT molecular complexity index is 779. The molecule has 0 saturated carbocycles. The molecule has 0 fully saturated rings. The van der Waals surface area contributed by atoms with Crippen molar-refractivity contribution in [2.75, 3.05) is 5.32 Å². The Morgan fingerprint density at radius 1 is 0.905 bits per heavy atom. The molecule has 0 spiro atoms. The largest absolute Gasteiger partial charge is 0.376 e. The summed E-state index contributed by atoms with van der Waals surface area (Å²) >= 11 is 0. The van der Waals surface area contributed by atoms with Crippen LogP contribution in [0.25, 0.3) is 10.8 Å². The Balaban J connectivity index is 1.89. The van der Waals surface area contributed by atoms with Gasteiger partial charge in [-0.25, -0.2) is 4.39 Å². The minimum atomic E-state index is -0.215. The molecule has 0 saturated heterocycles. The monoisotopic (exact) mass is 279 g/mol. The van der Waals surface area contributed by atoms with Crippen LogP contribution < -0.4 is 5.32 Å². The predicted octanol–water partition coefficient (Wildman–Crippen LogP) is 5.46. The van der Waals surface area contributed by atoms with Crippen molar-refractivity contribution < 1.29 is 4.39 Å². The molecule has 0 bridgehead atoms. The van der Waals surface area contributed by atoms with Gasteiger partial charge in [0.15, 0.2) is 0 Å². The predicted molar refractivity (Wildman–Crippen MR) is 87.1 cm³/mol. The summed E-state index contributed by atoms with van der Waals surface area (Å²) in [5, 5.41) is 5.68. The van der Waals surface area contributed by atoms with Crippen molar-refractivity contribution in [2.45, 2.75) is 19.9 Å². The number of nitrogens with one attached hydrogen (secondary N) is 1. The fraction of sp³-hybridized carbons (Fsp3) is 0.158. The summed E-state index contributed by atoms with van der Waals surface area (Å²) in [6, 6.07) is 19.8. The minimum absolute atomic E-state index is 0.0471. The molecule has 106 valence electrons. The van der Waals surface area contributed by atoms with Crippen LogP contribution in [0.15, 0.2) is 60.7 Å². The summed E-state index contributed by atoms with van der Waals surface area (Å²) in [6.07, 6.45) is 0. The number of aryl methyl sites for hydroxylation is 1. The highest BCUT2D eigenvalue weighted by Gasteiger charge is 2.09. The number of fused-ring (bicyclic) bond motifs is 1. The van der Waals surface area contributed by atoms with Crippen molar-refractivity contribution in [3.05, 3.63) is 77.6 Å². The van der Waals surface area contributed by atoms with E-state index in [0.29, 0.717) is 5.69 Å².